The van der Waals surface area contributed by atoms with Gasteiger partial charge in [-0.05, 0) is 25.1 Å². The predicted octanol–water partition coefficient (Wildman–Crippen LogP) is 1.56. The van der Waals surface area contributed by atoms with Gasteiger partial charge in [-0.3, -0.25) is 14.9 Å². The van der Waals surface area contributed by atoms with Crippen LogP contribution in [-0.2, 0) is 10.0 Å². The summed E-state index contributed by atoms with van der Waals surface area (Å²) in [6, 6.07) is 4.01. The average Bonchev–Trinajstić information content (AvgIpc) is 3.05. The molecular formula is C13H11N3O4S2. The van der Waals surface area contributed by atoms with Crippen LogP contribution in [0.2, 0.25) is 0 Å². The van der Waals surface area contributed by atoms with E-state index < -0.39 is 21.8 Å². The highest BCUT2D eigenvalue weighted by Gasteiger charge is 2.40. The second-order valence-electron chi connectivity index (χ2n) is 4.48. The number of sulfonamides is 1. The maximum atomic E-state index is 12.3. The molecule has 0 spiro atoms. The van der Waals surface area contributed by atoms with E-state index in [1.807, 2.05) is 0 Å². The number of anilines is 1. The van der Waals surface area contributed by atoms with Crippen molar-refractivity contribution < 1.29 is 18.0 Å². The van der Waals surface area contributed by atoms with Crippen molar-refractivity contribution in [2.45, 2.75) is 11.8 Å². The summed E-state index contributed by atoms with van der Waals surface area (Å²) >= 11 is 1.25. The van der Waals surface area contributed by atoms with E-state index in [1.165, 1.54) is 29.5 Å². The number of aromatic nitrogens is 1. The van der Waals surface area contributed by atoms with Crippen molar-refractivity contribution in [1.29, 1.82) is 0 Å². The largest absolute Gasteiger partial charge is 0.298 e. The van der Waals surface area contributed by atoms with Crippen molar-refractivity contribution in [2.75, 3.05) is 11.9 Å². The van der Waals surface area contributed by atoms with E-state index in [2.05, 4.69) is 10.3 Å². The van der Waals surface area contributed by atoms with Gasteiger partial charge in [0.2, 0.25) is 0 Å². The van der Waals surface area contributed by atoms with E-state index in [1.54, 1.807) is 18.5 Å². The molecule has 2 aromatic rings. The fourth-order valence-corrected chi connectivity index (χ4v) is 4.31. The first kappa shape index (κ1) is 14.7. The molecule has 114 valence electrons. The Morgan fingerprint density at radius 1 is 1.41 bits per heavy atom. The molecule has 2 amide bonds. The molecule has 1 aliphatic rings. The zero-order chi connectivity index (χ0) is 15.9. The topological polar surface area (TPSA) is 96.4 Å². The summed E-state index contributed by atoms with van der Waals surface area (Å²) in [4.78, 5) is 27.9. The van der Waals surface area contributed by atoms with E-state index in [0.29, 0.717) is 5.13 Å². The van der Waals surface area contributed by atoms with Crippen LogP contribution in [0.3, 0.4) is 0 Å². The second kappa shape index (κ2) is 5.18. The van der Waals surface area contributed by atoms with E-state index in [-0.39, 0.29) is 22.6 Å². The molecule has 22 heavy (non-hydrogen) atoms. The summed E-state index contributed by atoms with van der Waals surface area (Å²) in [6.07, 6.45) is 1.55. The van der Waals surface area contributed by atoms with Crippen LogP contribution in [0.25, 0.3) is 0 Å². The Bertz CT molecular complexity index is 859. The van der Waals surface area contributed by atoms with Gasteiger partial charge in [-0.15, -0.1) is 11.3 Å². The minimum atomic E-state index is -3.87. The lowest BCUT2D eigenvalue weighted by Gasteiger charge is -2.11. The van der Waals surface area contributed by atoms with Gasteiger partial charge in [0.1, 0.15) is 4.90 Å². The number of hydrogen-bond donors (Lipinski definition) is 1. The maximum Gasteiger partial charge on any atom is 0.268 e. The molecule has 3 rings (SSSR count). The normalized spacial score (nSPS) is 15.7. The highest BCUT2D eigenvalue weighted by atomic mass is 32.2. The molecule has 0 fully saturated rings. The quantitative estimate of drug-likeness (QED) is 0.917. The summed E-state index contributed by atoms with van der Waals surface area (Å²) < 4.78 is 25.4. The van der Waals surface area contributed by atoms with Crippen molar-refractivity contribution in [2.24, 2.45) is 0 Å². The first-order valence-corrected chi connectivity index (χ1v) is 8.69. The molecule has 0 unspecified atom stereocenters. The van der Waals surface area contributed by atoms with Gasteiger partial charge in [0.05, 0.1) is 5.56 Å². The van der Waals surface area contributed by atoms with Crippen LogP contribution in [0.15, 0.2) is 34.7 Å². The molecule has 0 bridgehead atoms. The van der Waals surface area contributed by atoms with E-state index in [4.69, 9.17) is 0 Å². The zero-order valence-corrected chi connectivity index (χ0v) is 13.1. The number of amides is 2. The third-order valence-electron chi connectivity index (χ3n) is 3.21. The molecule has 2 heterocycles. The Morgan fingerprint density at radius 2 is 2.18 bits per heavy atom. The summed E-state index contributed by atoms with van der Waals surface area (Å²) in [6.45, 7) is 1.63. The second-order valence-corrected chi connectivity index (χ2v) is 7.20. The number of hydrogen-bond acceptors (Lipinski definition) is 6. The summed E-state index contributed by atoms with van der Waals surface area (Å²) in [5.74, 6) is -1.04. The molecule has 1 aliphatic heterocycles. The molecule has 0 radical (unpaired) electrons. The molecule has 0 aliphatic carbocycles. The Labute approximate surface area is 130 Å². The molecule has 1 aromatic heterocycles. The standard InChI is InChI=1S/C13H11N3O4S2/c1-2-16-12(18)9-4-3-8(7-10(9)22(16,19)20)11(17)15-13-14-5-6-21-13/h3-7H,2H2,1H3,(H,14,15,17). The van der Waals surface area contributed by atoms with Crippen LogP contribution >= 0.6 is 11.3 Å². The highest BCUT2D eigenvalue weighted by Crippen LogP contribution is 2.30. The summed E-state index contributed by atoms with van der Waals surface area (Å²) in [7, 11) is -3.87. The number of nitrogens with one attached hydrogen (secondary N) is 1. The van der Waals surface area contributed by atoms with Crippen molar-refractivity contribution in [3.63, 3.8) is 0 Å². The third kappa shape index (κ3) is 2.18. The molecule has 0 saturated heterocycles. The molecule has 7 nitrogen and oxygen atoms in total. The van der Waals surface area contributed by atoms with Gasteiger partial charge in [0, 0.05) is 23.7 Å². The fraction of sp³-hybridized carbons (Fsp3) is 0.154. The van der Waals surface area contributed by atoms with E-state index >= 15 is 0 Å². The minimum Gasteiger partial charge on any atom is -0.298 e. The van der Waals surface area contributed by atoms with Crippen molar-refractivity contribution in [3.05, 3.63) is 40.9 Å². The number of thiazole rings is 1. The van der Waals surface area contributed by atoms with Gasteiger partial charge in [-0.1, -0.05) is 0 Å². The first-order chi connectivity index (χ1) is 10.4. The lowest BCUT2D eigenvalue weighted by atomic mass is 10.1. The predicted molar refractivity (Wildman–Crippen MR) is 80.4 cm³/mol. The number of nitrogens with zero attached hydrogens (tertiary/aromatic N) is 2. The van der Waals surface area contributed by atoms with Crippen LogP contribution in [0, 0.1) is 0 Å². The van der Waals surface area contributed by atoms with Gasteiger partial charge in [0.15, 0.2) is 5.13 Å². The van der Waals surface area contributed by atoms with Crippen LogP contribution < -0.4 is 5.32 Å². The SMILES string of the molecule is CCN1C(=O)c2ccc(C(=O)Nc3nccs3)cc2S1(=O)=O. The lowest BCUT2D eigenvalue weighted by Crippen LogP contribution is -2.29. The lowest BCUT2D eigenvalue weighted by molar-refractivity contribution is 0.0875. The Morgan fingerprint density at radius 3 is 2.82 bits per heavy atom. The monoisotopic (exact) mass is 337 g/mol. The molecule has 0 atom stereocenters. The van der Waals surface area contributed by atoms with Crippen molar-refractivity contribution in [3.8, 4) is 0 Å². The fourth-order valence-electron chi connectivity index (χ4n) is 2.18. The van der Waals surface area contributed by atoms with Gasteiger partial charge in [0.25, 0.3) is 21.8 Å². The Balaban J connectivity index is 1.99. The highest BCUT2D eigenvalue weighted by molar-refractivity contribution is 7.90. The van der Waals surface area contributed by atoms with Gasteiger partial charge < -0.3 is 0 Å². The minimum absolute atomic E-state index is 0.0521. The molecule has 9 heteroatoms. The van der Waals surface area contributed by atoms with Gasteiger partial charge in [-0.25, -0.2) is 17.7 Å². The average molecular weight is 337 g/mol. The molecular weight excluding hydrogens is 326 g/mol. The Hall–Kier alpha value is -2.26. The summed E-state index contributed by atoms with van der Waals surface area (Å²) in [5.41, 5.74) is 0.246. The smallest absolute Gasteiger partial charge is 0.268 e. The van der Waals surface area contributed by atoms with Crippen LogP contribution in [0.1, 0.15) is 27.6 Å². The first-order valence-electron chi connectivity index (χ1n) is 6.37. The van der Waals surface area contributed by atoms with Gasteiger partial charge >= 0.3 is 0 Å². The summed E-state index contributed by atoms with van der Waals surface area (Å²) in [5, 5.41) is 4.69. The Kier molecular flexibility index (Phi) is 3.45. The van der Waals surface area contributed by atoms with E-state index in [0.717, 1.165) is 4.31 Å². The number of carbonyl (C=O) groups is 2. The van der Waals surface area contributed by atoms with E-state index in [9.17, 15) is 18.0 Å². The van der Waals surface area contributed by atoms with Crippen LogP contribution in [0.4, 0.5) is 5.13 Å². The number of carbonyl (C=O) groups excluding carboxylic acids is 2. The number of rotatable bonds is 3. The number of benzene rings is 1. The van der Waals surface area contributed by atoms with Crippen molar-refractivity contribution in [1.82, 2.24) is 9.29 Å². The maximum absolute atomic E-state index is 12.3. The molecule has 1 N–H and O–H groups in total. The van der Waals surface area contributed by atoms with Crippen molar-refractivity contribution >= 4 is 38.3 Å². The van der Waals surface area contributed by atoms with Crippen LogP contribution in [-0.4, -0.2) is 36.1 Å². The van der Waals surface area contributed by atoms with Crippen LogP contribution in [0.5, 0.6) is 0 Å². The third-order valence-corrected chi connectivity index (χ3v) is 5.80. The molecule has 1 aromatic carbocycles. The zero-order valence-electron chi connectivity index (χ0n) is 11.4. The molecule has 0 saturated carbocycles. The van der Waals surface area contributed by atoms with Gasteiger partial charge in [-0.2, -0.15) is 0 Å². The number of fused-ring (bicyclic) bond motifs is 1.